The van der Waals surface area contributed by atoms with Crippen LogP contribution < -0.4 is 4.80 Å². The van der Waals surface area contributed by atoms with Crippen molar-refractivity contribution in [1.29, 1.82) is 0 Å². The Morgan fingerprint density at radius 1 is 1.09 bits per heavy atom. The second-order valence-electron chi connectivity index (χ2n) is 5.34. The maximum atomic E-state index is 4.86. The number of hydrogen-bond donors (Lipinski definition) is 0. The van der Waals surface area contributed by atoms with Gasteiger partial charge in [0, 0.05) is 11.4 Å². The third kappa shape index (κ3) is 3.23. The molecule has 114 valence electrons. The van der Waals surface area contributed by atoms with E-state index in [1.807, 2.05) is 18.2 Å². The highest BCUT2D eigenvalue weighted by atomic mass is 32.1. The molecule has 0 spiro atoms. The number of thiazole rings is 1. The number of hydrogen-bond acceptors (Lipinski definition) is 3. The van der Waals surface area contributed by atoms with Crippen LogP contribution in [0.3, 0.4) is 0 Å². The predicted octanol–water partition coefficient (Wildman–Crippen LogP) is 5.87. The second kappa shape index (κ2) is 7.07. The van der Waals surface area contributed by atoms with Crippen LogP contribution in [0, 0.1) is 0 Å². The highest BCUT2D eigenvalue weighted by Crippen LogP contribution is 2.29. The number of para-hydroxylation sites is 1. The van der Waals surface area contributed by atoms with Gasteiger partial charge in [0.05, 0.1) is 16.3 Å². The molecular formula is C18H20N2S2. The van der Waals surface area contributed by atoms with Gasteiger partial charge in [-0.25, -0.2) is 4.99 Å². The van der Waals surface area contributed by atoms with Crippen molar-refractivity contribution >= 4 is 28.4 Å². The lowest BCUT2D eigenvalue weighted by atomic mass is 10.2. The molecule has 4 heteroatoms. The van der Waals surface area contributed by atoms with Crippen molar-refractivity contribution < 1.29 is 0 Å². The third-order valence-electron chi connectivity index (χ3n) is 3.64. The molecule has 0 amide bonds. The lowest BCUT2D eigenvalue weighted by Gasteiger charge is -2.16. The Morgan fingerprint density at radius 3 is 2.59 bits per heavy atom. The van der Waals surface area contributed by atoms with Crippen LogP contribution in [0.5, 0.6) is 0 Å². The first-order valence-corrected chi connectivity index (χ1v) is 9.39. The minimum atomic E-state index is 0.454. The fourth-order valence-electron chi connectivity index (χ4n) is 2.59. The van der Waals surface area contributed by atoms with Gasteiger partial charge in [0.2, 0.25) is 0 Å². The normalized spacial score (nSPS) is 13.5. The summed E-state index contributed by atoms with van der Waals surface area (Å²) in [6, 6.07) is 15.0. The maximum Gasteiger partial charge on any atom is 0.190 e. The summed E-state index contributed by atoms with van der Waals surface area (Å²) in [7, 11) is 0. The molecule has 22 heavy (non-hydrogen) atoms. The van der Waals surface area contributed by atoms with Crippen molar-refractivity contribution in [3.8, 4) is 10.6 Å². The number of rotatable bonds is 5. The predicted molar refractivity (Wildman–Crippen MR) is 96.9 cm³/mol. The molecule has 0 aliphatic rings. The number of aromatic nitrogens is 1. The van der Waals surface area contributed by atoms with Crippen molar-refractivity contribution in [3.05, 3.63) is 58.0 Å². The molecule has 0 aliphatic heterocycles. The van der Waals surface area contributed by atoms with Crippen LogP contribution in [0.25, 0.3) is 10.6 Å². The van der Waals surface area contributed by atoms with Gasteiger partial charge in [-0.05, 0) is 36.9 Å². The average molecular weight is 329 g/mol. The molecule has 0 saturated carbocycles. The van der Waals surface area contributed by atoms with E-state index in [-0.39, 0.29) is 0 Å². The van der Waals surface area contributed by atoms with E-state index >= 15 is 0 Å². The largest absolute Gasteiger partial charge is 0.313 e. The Hall–Kier alpha value is -1.65. The molecule has 1 aromatic carbocycles. The topological polar surface area (TPSA) is 17.3 Å². The molecule has 2 aromatic heterocycles. The zero-order chi connectivity index (χ0) is 15.4. The molecule has 0 saturated heterocycles. The minimum absolute atomic E-state index is 0.454. The molecule has 3 rings (SSSR count). The quantitative estimate of drug-likeness (QED) is 0.557. The van der Waals surface area contributed by atoms with Crippen LogP contribution in [-0.2, 0) is 0 Å². The highest BCUT2D eigenvalue weighted by molar-refractivity contribution is 7.14. The number of benzene rings is 1. The van der Waals surface area contributed by atoms with Gasteiger partial charge in [-0.1, -0.05) is 37.6 Å². The fourth-order valence-corrected chi connectivity index (χ4v) is 4.41. The van der Waals surface area contributed by atoms with E-state index in [9.17, 15) is 0 Å². The fraction of sp³-hybridized carbons (Fsp3) is 0.278. The van der Waals surface area contributed by atoms with Gasteiger partial charge < -0.3 is 4.57 Å². The summed E-state index contributed by atoms with van der Waals surface area (Å²) in [5.41, 5.74) is 2.30. The molecule has 0 fully saturated rings. The smallest absolute Gasteiger partial charge is 0.190 e. The first kappa shape index (κ1) is 15.3. The average Bonchev–Trinajstić information content (AvgIpc) is 3.17. The second-order valence-corrected chi connectivity index (χ2v) is 7.12. The molecule has 2 heterocycles. The van der Waals surface area contributed by atoms with Crippen LogP contribution >= 0.6 is 22.7 Å². The monoisotopic (exact) mass is 328 g/mol. The van der Waals surface area contributed by atoms with Crippen molar-refractivity contribution in [2.45, 2.75) is 32.7 Å². The highest BCUT2D eigenvalue weighted by Gasteiger charge is 2.14. The van der Waals surface area contributed by atoms with Gasteiger partial charge in [-0.2, -0.15) is 0 Å². The molecular weight excluding hydrogens is 308 g/mol. The van der Waals surface area contributed by atoms with Crippen LogP contribution in [0.15, 0.2) is 58.2 Å². The van der Waals surface area contributed by atoms with Crippen LogP contribution in [0.2, 0.25) is 0 Å². The van der Waals surface area contributed by atoms with Crippen LogP contribution in [0.4, 0.5) is 5.69 Å². The summed E-state index contributed by atoms with van der Waals surface area (Å²) in [6.45, 7) is 4.53. The summed E-state index contributed by atoms with van der Waals surface area (Å²) < 4.78 is 2.40. The summed E-state index contributed by atoms with van der Waals surface area (Å²) in [6.07, 6.45) is 2.34. The maximum absolute atomic E-state index is 4.86. The third-order valence-corrected chi connectivity index (χ3v) is 5.38. The number of nitrogens with zero attached hydrogens (tertiary/aromatic N) is 2. The van der Waals surface area contributed by atoms with E-state index in [0.29, 0.717) is 6.04 Å². The molecule has 3 aromatic rings. The van der Waals surface area contributed by atoms with Crippen molar-refractivity contribution in [3.63, 3.8) is 0 Å². The Morgan fingerprint density at radius 2 is 1.91 bits per heavy atom. The van der Waals surface area contributed by atoms with Crippen molar-refractivity contribution in [2.75, 3.05) is 0 Å². The van der Waals surface area contributed by atoms with Crippen LogP contribution in [-0.4, -0.2) is 4.57 Å². The van der Waals surface area contributed by atoms with Crippen molar-refractivity contribution in [1.82, 2.24) is 4.57 Å². The SMILES string of the molecule is CCCC(C)n1c(-c2cccs2)csc1=Nc1ccccc1. The lowest BCUT2D eigenvalue weighted by Crippen LogP contribution is -2.19. The van der Waals surface area contributed by atoms with Gasteiger partial charge in [0.15, 0.2) is 4.80 Å². The molecule has 0 aliphatic carbocycles. The first-order chi connectivity index (χ1) is 10.8. The molecule has 0 bridgehead atoms. The van der Waals surface area contributed by atoms with E-state index in [0.717, 1.165) is 16.9 Å². The Balaban J connectivity index is 2.13. The molecule has 2 nitrogen and oxygen atoms in total. The Bertz CT molecular complexity index is 767. The van der Waals surface area contributed by atoms with Gasteiger partial charge >= 0.3 is 0 Å². The van der Waals surface area contributed by atoms with E-state index in [1.54, 1.807) is 22.7 Å². The van der Waals surface area contributed by atoms with Gasteiger partial charge in [-0.15, -0.1) is 22.7 Å². The zero-order valence-corrected chi connectivity index (χ0v) is 14.5. The molecule has 1 atom stereocenters. The van der Waals surface area contributed by atoms with E-state index in [2.05, 4.69) is 53.4 Å². The first-order valence-electron chi connectivity index (χ1n) is 7.63. The van der Waals surface area contributed by atoms with Crippen molar-refractivity contribution in [2.24, 2.45) is 4.99 Å². The van der Waals surface area contributed by atoms with Gasteiger partial charge in [0.25, 0.3) is 0 Å². The summed E-state index contributed by atoms with van der Waals surface area (Å²) in [4.78, 5) is 7.25. The summed E-state index contributed by atoms with van der Waals surface area (Å²) in [5, 5.41) is 4.37. The molecule has 0 N–H and O–H groups in total. The van der Waals surface area contributed by atoms with Gasteiger partial charge in [-0.3, -0.25) is 0 Å². The minimum Gasteiger partial charge on any atom is -0.313 e. The van der Waals surface area contributed by atoms with E-state index in [1.165, 1.54) is 17.0 Å². The lowest BCUT2D eigenvalue weighted by molar-refractivity contribution is 0.495. The Labute approximate surface area is 139 Å². The molecule has 0 radical (unpaired) electrons. The zero-order valence-electron chi connectivity index (χ0n) is 12.9. The summed E-state index contributed by atoms with van der Waals surface area (Å²) in [5.74, 6) is 0. The van der Waals surface area contributed by atoms with E-state index < -0.39 is 0 Å². The Kier molecular flexibility index (Phi) is 4.90. The summed E-state index contributed by atoms with van der Waals surface area (Å²) >= 11 is 3.52. The van der Waals surface area contributed by atoms with Crippen LogP contribution in [0.1, 0.15) is 32.7 Å². The van der Waals surface area contributed by atoms with Gasteiger partial charge in [0.1, 0.15) is 0 Å². The standard InChI is InChI=1S/C18H20N2S2/c1-3-8-14(2)20-16(17-11-7-12-21-17)13-22-18(20)19-15-9-5-4-6-10-15/h4-7,9-14H,3,8H2,1-2H3. The molecule has 1 unspecified atom stereocenters. The number of thiophene rings is 1. The van der Waals surface area contributed by atoms with E-state index in [4.69, 9.17) is 4.99 Å².